The van der Waals surface area contributed by atoms with Crippen LogP contribution in [0.15, 0.2) is 4.99 Å². The highest BCUT2D eigenvalue weighted by atomic mass is 16.6. The van der Waals surface area contributed by atoms with E-state index in [4.69, 9.17) is 14.2 Å². The van der Waals surface area contributed by atoms with Crippen molar-refractivity contribution in [2.75, 3.05) is 7.11 Å². The predicted octanol–water partition coefficient (Wildman–Crippen LogP) is 2.45. The van der Waals surface area contributed by atoms with Crippen molar-refractivity contribution < 1.29 is 23.8 Å². The Kier molecular flexibility index (Phi) is 5.80. The fourth-order valence-corrected chi connectivity index (χ4v) is 0.883. The summed E-state index contributed by atoms with van der Waals surface area (Å²) in [5, 5.41) is 2.21. The predicted molar refractivity (Wildman–Crippen MR) is 70.0 cm³/mol. The molecule has 0 saturated heterocycles. The largest absolute Gasteiger partial charge is 0.468 e. The highest BCUT2D eigenvalue weighted by molar-refractivity contribution is 5.95. The SMILES string of the molecule is CO/C(=N\C(=O)OC(C)(C)C)NC(=O)OC(C)(C)C. The van der Waals surface area contributed by atoms with Crippen molar-refractivity contribution in [3.8, 4) is 0 Å². The van der Waals surface area contributed by atoms with E-state index >= 15 is 0 Å². The highest BCUT2D eigenvalue weighted by Gasteiger charge is 2.20. The summed E-state index contributed by atoms with van der Waals surface area (Å²) in [6, 6.07) is -0.288. The number of nitrogens with one attached hydrogen (secondary N) is 1. The Morgan fingerprint density at radius 1 is 0.947 bits per heavy atom. The highest BCUT2D eigenvalue weighted by Crippen LogP contribution is 2.08. The Hall–Kier alpha value is -1.79. The molecule has 7 nitrogen and oxygen atoms in total. The first kappa shape index (κ1) is 17.2. The molecule has 0 aliphatic carbocycles. The van der Waals surface area contributed by atoms with Crippen LogP contribution in [-0.2, 0) is 14.2 Å². The fraction of sp³-hybridized carbons (Fsp3) is 0.750. The summed E-state index contributed by atoms with van der Waals surface area (Å²) in [6.45, 7) is 10.2. The Morgan fingerprint density at radius 3 is 1.79 bits per heavy atom. The second-order valence-electron chi connectivity index (χ2n) is 5.73. The number of alkyl carbamates (subject to hydrolysis) is 1. The smallest absolute Gasteiger partial charge is 0.438 e. The standard InChI is InChI=1S/C12H22N2O5/c1-11(2,3)18-9(15)13-8(17-7)14-10(16)19-12(4,5)6/h1-7H3,(H,13,14,15,16). The van der Waals surface area contributed by atoms with Gasteiger partial charge < -0.3 is 14.2 Å². The van der Waals surface area contributed by atoms with E-state index in [1.807, 2.05) is 0 Å². The van der Waals surface area contributed by atoms with Crippen molar-refractivity contribution in [1.82, 2.24) is 5.32 Å². The molecule has 0 radical (unpaired) electrons. The van der Waals surface area contributed by atoms with Crippen LogP contribution >= 0.6 is 0 Å². The molecule has 0 aromatic carbocycles. The van der Waals surface area contributed by atoms with Crippen LogP contribution in [0.2, 0.25) is 0 Å². The number of methoxy groups -OCH3 is 1. The Bertz CT molecular complexity index is 363. The summed E-state index contributed by atoms with van der Waals surface area (Å²) in [4.78, 5) is 26.3. The molecule has 0 bridgehead atoms. The molecule has 2 amide bonds. The molecule has 0 aliphatic heterocycles. The van der Waals surface area contributed by atoms with Gasteiger partial charge in [0, 0.05) is 0 Å². The van der Waals surface area contributed by atoms with Gasteiger partial charge in [-0.15, -0.1) is 4.99 Å². The van der Waals surface area contributed by atoms with Crippen molar-refractivity contribution in [2.24, 2.45) is 4.99 Å². The van der Waals surface area contributed by atoms with Crippen molar-refractivity contribution in [3.63, 3.8) is 0 Å². The Labute approximate surface area is 113 Å². The lowest BCUT2D eigenvalue weighted by Crippen LogP contribution is -2.37. The normalized spacial score (nSPS) is 12.7. The zero-order chi connectivity index (χ0) is 15.3. The third kappa shape index (κ3) is 9.87. The number of rotatable bonds is 0. The van der Waals surface area contributed by atoms with Gasteiger partial charge in [0.2, 0.25) is 0 Å². The van der Waals surface area contributed by atoms with Gasteiger partial charge >= 0.3 is 18.2 Å². The van der Waals surface area contributed by atoms with Gasteiger partial charge in [-0.05, 0) is 41.5 Å². The second kappa shape index (κ2) is 6.40. The van der Waals surface area contributed by atoms with Crippen LogP contribution in [0, 0.1) is 0 Å². The number of aliphatic imine (C=N–C) groups is 1. The Balaban J connectivity index is 4.58. The van der Waals surface area contributed by atoms with Gasteiger partial charge in [-0.1, -0.05) is 0 Å². The first-order valence-corrected chi connectivity index (χ1v) is 5.78. The first-order valence-electron chi connectivity index (χ1n) is 5.78. The zero-order valence-corrected chi connectivity index (χ0v) is 12.5. The summed E-state index contributed by atoms with van der Waals surface area (Å²) < 4.78 is 14.7. The molecule has 0 heterocycles. The van der Waals surface area contributed by atoms with Crippen molar-refractivity contribution in [3.05, 3.63) is 0 Å². The van der Waals surface area contributed by atoms with E-state index in [0.29, 0.717) is 0 Å². The molecule has 19 heavy (non-hydrogen) atoms. The van der Waals surface area contributed by atoms with E-state index in [1.54, 1.807) is 41.5 Å². The van der Waals surface area contributed by atoms with Crippen molar-refractivity contribution in [1.29, 1.82) is 0 Å². The van der Waals surface area contributed by atoms with Gasteiger partial charge in [0.15, 0.2) is 0 Å². The maximum atomic E-state index is 11.4. The van der Waals surface area contributed by atoms with E-state index in [9.17, 15) is 9.59 Å². The lowest BCUT2D eigenvalue weighted by atomic mass is 10.2. The fourth-order valence-electron chi connectivity index (χ4n) is 0.883. The minimum Gasteiger partial charge on any atom is -0.468 e. The number of carbonyl (C=O) groups is 2. The summed E-state index contributed by atoms with van der Waals surface area (Å²) in [7, 11) is 1.26. The molecule has 0 rings (SSSR count). The summed E-state index contributed by atoms with van der Waals surface area (Å²) >= 11 is 0. The van der Waals surface area contributed by atoms with Crippen LogP contribution in [0.1, 0.15) is 41.5 Å². The maximum Gasteiger partial charge on any atom is 0.438 e. The molecule has 1 N–H and O–H groups in total. The first-order chi connectivity index (χ1) is 8.43. The zero-order valence-electron chi connectivity index (χ0n) is 12.5. The lowest BCUT2D eigenvalue weighted by Gasteiger charge is -2.20. The molecule has 110 valence electrons. The summed E-state index contributed by atoms with van der Waals surface area (Å²) in [5.41, 5.74) is -1.33. The number of hydrogen-bond donors (Lipinski definition) is 1. The monoisotopic (exact) mass is 274 g/mol. The second-order valence-corrected chi connectivity index (χ2v) is 5.73. The third-order valence-corrected chi connectivity index (χ3v) is 1.39. The molecule has 0 atom stereocenters. The van der Waals surface area contributed by atoms with Gasteiger partial charge in [-0.25, -0.2) is 14.9 Å². The van der Waals surface area contributed by atoms with Crippen LogP contribution in [-0.4, -0.2) is 36.5 Å². The molecule has 0 fully saturated rings. The third-order valence-electron chi connectivity index (χ3n) is 1.39. The molecule has 0 aromatic heterocycles. The number of ether oxygens (including phenoxy) is 3. The molecule has 0 aromatic rings. The molecular weight excluding hydrogens is 252 g/mol. The molecule has 0 aliphatic rings. The minimum atomic E-state index is -0.861. The van der Waals surface area contributed by atoms with E-state index in [-0.39, 0.29) is 6.02 Å². The van der Waals surface area contributed by atoms with Crippen LogP contribution in [0.4, 0.5) is 9.59 Å². The molecular formula is C12H22N2O5. The number of amidine groups is 1. The van der Waals surface area contributed by atoms with E-state index < -0.39 is 23.4 Å². The number of amides is 2. The summed E-state index contributed by atoms with van der Waals surface area (Å²) in [6.07, 6.45) is -1.63. The Morgan fingerprint density at radius 2 is 1.42 bits per heavy atom. The van der Waals surface area contributed by atoms with Crippen LogP contribution in [0.3, 0.4) is 0 Å². The van der Waals surface area contributed by atoms with Crippen LogP contribution < -0.4 is 5.32 Å². The average molecular weight is 274 g/mol. The number of hydrogen-bond acceptors (Lipinski definition) is 5. The van der Waals surface area contributed by atoms with Gasteiger partial charge in [-0.2, -0.15) is 0 Å². The average Bonchev–Trinajstić information content (AvgIpc) is 2.10. The number of nitrogens with zero attached hydrogens (tertiary/aromatic N) is 1. The van der Waals surface area contributed by atoms with Crippen molar-refractivity contribution in [2.45, 2.75) is 52.7 Å². The molecule has 0 unspecified atom stereocenters. The van der Waals surface area contributed by atoms with Crippen molar-refractivity contribution >= 4 is 18.2 Å². The van der Waals surface area contributed by atoms with Gasteiger partial charge in [-0.3, -0.25) is 0 Å². The van der Waals surface area contributed by atoms with Crippen LogP contribution in [0.5, 0.6) is 0 Å². The molecule has 0 saturated carbocycles. The lowest BCUT2D eigenvalue weighted by molar-refractivity contribution is 0.0549. The minimum absolute atomic E-state index is 0.288. The van der Waals surface area contributed by atoms with Crippen LogP contribution in [0.25, 0.3) is 0 Å². The van der Waals surface area contributed by atoms with E-state index in [0.717, 1.165) is 0 Å². The van der Waals surface area contributed by atoms with E-state index in [1.165, 1.54) is 7.11 Å². The quantitative estimate of drug-likeness (QED) is 0.541. The topological polar surface area (TPSA) is 86.2 Å². The summed E-state index contributed by atoms with van der Waals surface area (Å²) in [5.74, 6) is 0. The van der Waals surface area contributed by atoms with Gasteiger partial charge in [0.05, 0.1) is 7.11 Å². The molecule has 0 spiro atoms. The van der Waals surface area contributed by atoms with E-state index in [2.05, 4.69) is 10.3 Å². The number of carbonyl (C=O) groups excluding carboxylic acids is 2. The van der Waals surface area contributed by atoms with Gasteiger partial charge in [0.25, 0.3) is 0 Å². The molecule has 7 heteroatoms. The van der Waals surface area contributed by atoms with Gasteiger partial charge in [0.1, 0.15) is 11.2 Å². The maximum absolute atomic E-state index is 11.4.